The van der Waals surface area contributed by atoms with Crippen molar-refractivity contribution in [1.82, 2.24) is 9.55 Å². The van der Waals surface area contributed by atoms with Crippen molar-refractivity contribution >= 4 is 34.2 Å². The first-order valence-corrected chi connectivity index (χ1v) is 7.89. The number of rotatable bonds is 4. The Morgan fingerprint density at radius 1 is 1.14 bits per heavy atom. The molecule has 1 aromatic heterocycles. The third-order valence-electron chi connectivity index (χ3n) is 3.71. The second-order valence-electron chi connectivity index (χ2n) is 5.06. The zero-order valence-electron chi connectivity index (χ0n) is 11.8. The van der Waals surface area contributed by atoms with Gasteiger partial charge in [-0.05, 0) is 30.7 Å². The molecule has 4 heteroatoms. The van der Waals surface area contributed by atoms with Crippen LogP contribution in [0.5, 0.6) is 0 Å². The van der Waals surface area contributed by atoms with E-state index in [4.69, 9.17) is 28.2 Å². The minimum atomic E-state index is 0.204. The average Bonchev–Trinajstić information content (AvgIpc) is 2.85. The standard InChI is InChI=1S/C17H16Cl2N2/c1-12(13-5-3-2-4-6-13)21-16-8-7-14(19)11-15(16)20-17(21)9-10-18/h2-8,11-12H,9-10H2,1H3. The van der Waals surface area contributed by atoms with Crippen LogP contribution in [0.4, 0.5) is 0 Å². The molecule has 108 valence electrons. The number of aryl methyl sites for hydroxylation is 1. The van der Waals surface area contributed by atoms with Crippen LogP contribution in [0.2, 0.25) is 5.02 Å². The number of hydrogen-bond acceptors (Lipinski definition) is 1. The van der Waals surface area contributed by atoms with Gasteiger partial charge in [0.05, 0.1) is 17.1 Å². The topological polar surface area (TPSA) is 17.8 Å². The lowest BCUT2D eigenvalue weighted by atomic mass is 10.1. The number of hydrogen-bond donors (Lipinski definition) is 0. The molecule has 21 heavy (non-hydrogen) atoms. The molecule has 1 unspecified atom stereocenters. The van der Waals surface area contributed by atoms with Gasteiger partial charge in [-0.15, -0.1) is 11.6 Å². The highest BCUT2D eigenvalue weighted by Crippen LogP contribution is 2.28. The minimum absolute atomic E-state index is 0.204. The van der Waals surface area contributed by atoms with E-state index in [1.807, 2.05) is 24.3 Å². The third kappa shape index (κ3) is 2.78. The predicted molar refractivity (Wildman–Crippen MR) is 89.4 cm³/mol. The van der Waals surface area contributed by atoms with Gasteiger partial charge in [-0.2, -0.15) is 0 Å². The Bertz CT molecular complexity index is 750. The van der Waals surface area contributed by atoms with Crippen LogP contribution >= 0.6 is 23.2 Å². The number of imidazole rings is 1. The fourth-order valence-electron chi connectivity index (χ4n) is 2.70. The van der Waals surface area contributed by atoms with Crippen LogP contribution in [-0.4, -0.2) is 15.4 Å². The largest absolute Gasteiger partial charge is 0.321 e. The van der Waals surface area contributed by atoms with Crippen molar-refractivity contribution in [2.45, 2.75) is 19.4 Å². The molecule has 2 aromatic carbocycles. The fraction of sp³-hybridized carbons (Fsp3) is 0.235. The van der Waals surface area contributed by atoms with E-state index in [0.29, 0.717) is 10.9 Å². The molecule has 0 saturated carbocycles. The molecule has 0 saturated heterocycles. The van der Waals surface area contributed by atoms with Crippen molar-refractivity contribution in [3.63, 3.8) is 0 Å². The Morgan fingerprint density at radius 2 is 1.90 bits per heavy atom. The third-order valence-corrected chi connectivity index (χ3v) is 4.14. The Balaban J connectivity index is 2.17. The molecule has 0 bridgehead atoms. The van der Waals surface area contributed by atoms with E-state index in [1.54, 1.807) is 0 Å². The number of alkyl halides is 1. The number of benzene rings is 2. The van der Waals surface area contributed by atoms with Crippen molar-refractivity contribution in [3.8, 4) is 0 Å². The SMILES string of the molecule is CC(c1ccccc1)n1c(CCCl)nc2cc(Cl)ccc21. The summed E-state index contributed by atoms with van der Waals surface area (Å²) in [5.41, 5.74) is 3.27. The van der Waals surface area contributed by atoms with Gasteiger partial charge in [-0.3, -0.25) is 0 Å². The number of nitrogens with zero attached hydrogens (tertiary/aromatic N) is 2. The first-order valence-electron chi connectivity index (χ1n) is 6.98. The zero-order valence-corrected chi connectivity index (χ0v) is 13.3. The molecule has 0 fully saturated rings. The molecule has 1 heterocycles. The van der Waals surface area contributed by atoms with Gasteiger partial charge in [0, 0.05) is 17.3 Å². The summed E-state index contributed by atoms with van der Waals surface area (Å²) in [6.07, 6.45) is 0.741. The van der Waals surface area contributed by atoms with E-state index in [2.05, 4.69) is 35.8 Å². The zero-order chi connectivity index (χ0) is 14.8. The van der Waals surface area contributed by atoms with Gasteiger partial charge in [0.2, 0.25) is 0 Å². The quantitative estimate of drug-likeness (QED) is 0.613. The highest BCUT2D eigenvalue weighted by Gasteiger charge is 2.17. The maximum absolute atomic E-state index is 6.08. The molecule has 1 atom stereocenters. The normalized spacial score (nSPS) is 12.7. The van der Waals surface area contributed by atoms with Crippen molar-refractivity contribution in [3.05, 3.63) is 64.9 Å². The molecule has 0 spiro atoms. The van der Waals surface area contributed by atoms with Crippen LogP contribution in [0.3, 0.4) is 0 Å². The van der Waals surface area contributed by atoms with Crippen LogP contribution < -0.4 is 0 Å². The summed E-state index contributed by atoms with van der Waals surface area (Å²) in [6.45, 7) is 2.18. The molecule has 0 aliphatic carbocycles. The van der Waals surface area contributed by atoms with Crippen molar-refractivity contribution in [2.75, 3.05) is 5.88 Å². The van der Waals surface area contributed by atoms with Gasteiger partial charge >= 0.3 is 0 Å². The lowest BCUT2D eigenvalue weighted by molar-refractivity contribution is 0.624. The van der Waals surface area contributed by atoms with E-state index < -0.39 is 0 Å². The highest BCUT2D eigenvalue weighted by molar-refractivity contribution is 6.31. The van der Waals surface area contributed by atoms with Crippen molar-refractivity contribution in [2.24, 2.45) is 0 Å². The predicted octanol–water partition coefficient (Wildman–Crippen LogP) is 5.08. The molecule has 0 amide bonds. The monoisotopic (exact) mass is 318 g/mol. The van der Waals surface area contributed by atoms with Crippen LogP contribution in [0.15, 0.2) is 48.5 Å². The fourth-order valence-corrected chi connectivity index (χ4v) is 3.03. The first-order chi connectivity index (χ1) is 10.2. The van der Waals surface area contributed by atoms with Gasteiger partial charge in [0.1, 0.15) is 5.82 Å². The van der Waals surface area contributed by atoms with E-state index >= 15 is 0 Å². The summed E-state index contributed by atoms with van der Waals surface area (Å²) in [7, 11) is 0. The number of fused-ring (bicyclic) bond motifs is 1. The van der Waals surface area contributed by atoms with Crippen LogP contribution in [0, 0.1) is 0 Å². The lowest BCUT2D eigenvalue weighted by Gasteiger charge is -2.18. The maximum Gasteiger partial charge on any atom is 0.111 e. The molecule has 0 aliphatic rings. The summed E-state index contributed by atoms with van der Waals surface area (Å²) in [5, 5.41) is 0.705. The molecular weight excluding hydrogens is 303 g/mol. The van der Waals surface area contributed by atoms with Gasteiger partial charge in [-0.1, -0.05) is 41.9 Å². The average molecular weight is 319 g/mol. The van der Waals surface area contributed by atoms with E-state index in [9.17, 15) is 0 Å². The second-order valence-corrected chi connectivity index (χ2v) is 5.87. The summed E-state index contributed by atoms with van der Waals surface area (Å²) >= 11 is 12.0. The molecular formula is C17H16Cl2N2. The van der Waals surface area contributed by atoms with E-state index in [-0.39, 0.29) is 6.04 Å². The van der Waals surface area contributed by atoms with Crippen molar-refractivity contribution in [1.29, 1.82) is 0 Å². The van der Waals surface area contributed by atoms with E-state index in [1.165, 1.54) is 5.56 Å². The summed E-state index contributed by atoms with van der Waals surface area (Å²) in [5.74, 6) is 1.55. The lowest BCUT2D eigenvalue weighted by Crippen LogP contribution is -2.11. The van der Waals surface area contributed by atoms with Gasteiger partial charge in [-0.25, -0.2) is 4.98 Å². The molecule has 0 aliphatic heterocycles. The summed E-state index contributed by atoms with van der Waals surface area (Å²) < 4.78 is 2.25. The smallest absolute Gasteiger partial charge is 0.111 e. The Morgan fingerprint density at radius 3 is 2.62 bits per heavy atom. The van der Waals surface area contributed by atoms with Gasteiger partial charge in [0.25, 0.3) is 0 Å². The first kappa shape index (κ1) is 14.4. The summed E-state index contributed by atoms with van der Waals surface area (Å²) in [4.78, 5) is 4.70. The van der Waals surface area contributed by atoms with Crippen molar-refractivity contribution < 1.29 is 0 Å². The molecule has 2 nitrogen and oxygen atoms in total. The summed E-state index contributed by atoms with van der Waals surface area (Å²) in [6, 6.07) is 16.5. The molecule has 3 aromatic rings. The van der Waals surface area contributed by atoms with Gasteiger partial charge in [0.15, 0.2) is 0 Å². The van der Waals surface area contributed by atoms with Crippen LogP contribution in [0.1, 0.15) is 24.4 Å². The second kappa shape index (κ2) is 6.08. The Labute approximate surface area is 134 Å². The molecule has 0 N–H and O–H groups in total. The minimum Gasteiger partial charge on any atom is -0.321 e. The van der Waals surface area contributed by atoms with E-state index in [0.717, 1.165) is 23.3 Å². The Kier molecular flexibility index (Phi) is 4.18. The number of aromatic nitrogens is 2. The maximum atomic E-state index is 6.08. The Hall–Kier alpha value is -1.51. The highest BCUT2D eigenvalue weighted by atomic mass is 35.5. The van der Waals surface area contributed by atoms with Crippen LogP contribution in [-0.2, 0) is 6.42 Å². The van der Waals surface area contributed by atoms with Crippen LogP contribution in [0.25, 0.3) is 11.0 Å². The van der Waals surface area contributed by atoms with Gasteiger partial charge < -0.3 is 4.57 Å². The number of halogens is 2. The molecule has 3 rings (SSSR count). The molecule has 0 radical (unpaired) electrons.